The normalized spacial score (nSPS) is 10.6. The first kappa shape index (κ1) is 12.8. The van der Waals surface area contributed by atoms with E-state index >= 15 is 0 Å². The molecule has 0 aliphatic rings. The van der Waals surface area contributed by atoms with Gasteiger partial charge in [-0.2, -0.15) is 0 Å². The predicted molar refractivity (Wildman–Crippen MR) is 71.3 cm³/mol. The Hall–Kier alpha value is -1.60. The van der Waals surface area contributed by atoms with E-state index < -0.39 is 4.92 Å². The van der Waals surface area contributed by atoms with E-state index in [0.29, 0.717) is 16.7 Å². The van der Waals surface area contributed by atoms with Gasteiger partial charge in [0.1, 0.15) is 0 Å². The molecule has 6 nitrogen and oxygen atoms in total. The number of hydrogen-bond donors (Lipinski definition) is 0. The van der Waals surface area contributed by atoms with E-state index in [4.69, 9.17) is 11.6 Å². The van der Waals surface area contributed by atoms with Crippen molar-refractivity contribution in [3.63, 3.8) is 0 Å². The van der Waals surface area contributed by atoms with Gasteiger partial charge in [-0.25, -0.2) is 0 Å². The lowest BCUT2D eigenvalue weighted by molar-refractivity contribution is -0.388. The van der Waals surface area contributed by atoms with Gasteiger partial charge in [0.25, 0.3) is 0 Å². The number of hydrogen-bond acceptors (Lipinski definition) is 5. The molecule has 8 heteroatoms. The van der Waals surface area contributed by atoms with Crippen LogP contribution in [-0.4, -0.2) is 21.5 Å². The molecule has 0 radical (unpaired) electrons. The second-order valence-corrected chi connectivity index (χ2v) is 5.62. The van der Waals surface area contributed by atoms with Crippen LogP contribution in [0.4, 0.5) is 11.6 Å². The largest absolute Gasteiger partial charge is 0.406 e. The van der Waals surface area contributed by atoms with Crippen LogP contribution in [0.15, 0.2) is 18.5 Å². The lowest BCUT2D eigenvalue weighted by Crippen LogP contribution is -2.19. The van der Waals surface area contributed by atoms with E-state index in [-0.39, 0.29) is 5.82 Å². The lowest BCUT2D eigenvalue weighted by Gasteiger charge is -2.17. The summed E-state index contributed by atoms with van der Waals surface area (Å²) in [7, 11) is 3.52. The van der Waals surface area contributed by atoms with Gasteiger partial charge < -0.3 is 15.0 Å². The number of anilines is 1. The summed E-state index contributed by atoms with van der Waals surface area (Å²) in [5.41, 5.74) is 0. The second kappa shape index (κ2) is 4.95. The molecule has 96 valence electrons. The van der Waals surface area contributed by atoms with Gasteiger partial charge in [0, 0.05) is 19.0 Å². The third-order valence-electron chi connectivity index (χ3n) is 2.44. The molecule has 0 saturated heterocycles. The standard InChI is InChI=1S/C10H11ClN4O2S/c1-13(5-7-3-4-8(11)18-7)10-9(15(16)17)12-6-14(10)2/h3-4,6H,5H2,1-2H3. The van der Waals surface area contributed by atoms with Crippen molar-refractivity contribution in [2.24, 2.45) is 7.05 Å². The molecular formula is C10H11ClN4O2S. The molecule has 0 atom stereocenters. The van der Waals surface area contributed by atoms with Gasteiger partial charge in [-0.1, -0.05) is 11.6 Å². The lowest BCUT2D eigenvalue weighted by atomic mass is 10.4. The highest BCUT2D eigenvalue weighted by atomic mass is 35.5. The molecule has 2 aromatic heterocycles. The van der Waals surface area contributed by atoms with E-state index in [9.17, 15) is 10.1 Å². The summed E-state index contributed by atoms with van der Waals surface area (Å²) < 4.78 is 2.34. The number of thiophene rings is 1. The molecule has 0 bridgehead atoms. The van der Waals surface area contributed by atoms with Crippen molar-refractivity contribution in [3.8, 4) is 0 Å². The smallest absolute Gasteiger partial charge is 0.358 e. The summed E-state index contributed by atoms with van der Waals surface area (Å²) in [5.74, 6) is 0.340. The van der Waals surface area contributed by atoms with Crippen LogP contribution in [0.3, 0.4) is 0 Å². The van der Waals surface area contributed by atoms with Crippen molar-refractivity contribution in [1.82, 2.24) is 9.55 Å². The molecule has 0 N–H and O–H groups in total. The first-order valence-electron chi connectivity index (χ1n) is 5.10. The molecule has 18 heavy (non-hydrogen) atoms. The number of aromatic nitrogens is 2. The van der Waals surface area contributed by atoms with Crippen molar-refractivity contribution in [3.05, 3.63) is 37.8 Å². The fourth-order valence-corrected chi connectivity index (χ4v) is 2.87. The highest BCUT2D eigenvalue weighted by molar-refractivity contribution is 7.16. The van der Waals surface area contributed by atoms with Gasteiger partial charge in [0.05, 0.1) is 10.9 Å². The molecule has 0 aliphatic carbocycles. The Morgan fingerprint density at radius 1 is 1.61 bits per heavy atom. The van der Waals surface area contributed by atoms with E-state index in [1.807, 2.05) is 12.1 Å². The van der Waals surface area contributed by atoms with Crippen molar-refractivity contribution in [2.45, 2.75) is 6.54 Å². The Morgan fingerprint density at radius 3 is 2.89 bits per heavy atom. The first-order valence-corrected chi connectivity index (χ1v) is 6.29. The molecule has 0 spiro atoms. The quantitative estimate of drug-likeness (QED) is 0.640. The van der Waals surface area contributed by atoms with Crippen LogP contribution in [-0.2, 0) is 13.6 Å². The van der Waals surface area contributed by atoms with E-state index in [1.54, 1.807) is 23.6 Å². The highest BCUT2D eigenvalue weighted by Crippen LogP contribution is 2.28. The monoisotopic (exact) mass is 286 g/mol. The van der Waals surface area contributed by atoms with Gasteiger partial charge in [-0.05, 0) is 22.0 Å². The van der Waals surface area contributed by atoms with Crippen LogP contribution in [0, 0.1) is 10.1 Å². The van der Waals surface area contributed by atoms with Crippen molar-refractivity contribution >= 4 is 34.6 Å². The van der Waals surface area contributed by atoms with Gasteiger partial charge in [-0.3, -0.25) is 4.57 Å². The van der Waals surface area contributed by atoms with Crippen LogP contribution in [0.5, 0.6) is 0 Å². The minimum absolute atomic E-state index is 0.136. The Kier molecular flexibility index (Phi) is 3.53. The number of nitro groups is 1. The summed E-state index contributed by atoms with van der Waals surface area (Å²) in [6, 6.07) is 3.72. The number of rotatable bonds is 4. The minimum atomic E-state index is -0.479. The van der Waals surface area contributed by atoms with E-state index in [0.717, 1.165) is 4.88 Å². The summed E-state index contributed by atoms with van der Waals surface area (Å²) >= 11 is 7.31. The third-order valence-corrected chi connectivity index (χ3v) is 3.66. The predicted octanol–water partition coefficient (Wildman–Crippen LogP) is 2.68. The molecule has 0 amide bonds. The fraction of sp³-hybridized carbons (Fsp3) is 0.300. The molecule has 0 aliphatic heterocycles. The molecule has 0 fully saturated rings. The summed E-state index contributed by atoms with van der Waals surface area (Å²) in [6.45, 7) is 0.553. The Balaban J connectivity index is 2.25. The Labute approximate surface area is 113 Å². The molecule has 2 heterocycles. The zero-order valence-electron chi connectivity index (χ0n) is 9.83. The fourth-order valence-electron chi connectivity index (χ4n) is 1.73. The van der Waals surface area contributed by atoms with Crippen LogP contribution >= 0.6 is 22.9 Å². The molecule has 0 saturated carbocycles. The minimum Gasteiger partial charge on any atom is -0.358 e. The van der Waals surface area contributed by atoms with Crippen molar-refractivity contribution in [1.29, 1.82) is 0 Å². The maximum absolute atomic E-state index is 10.9. The second-order valence-electron chi connectivity index (χ2n) is 3.82. The topological polar surface area (TPSA) is 64.2 Å². The van der Waals surface area contributed by atoms with Crippen LogP contribution in [0.2, 0.25) is 4.34 Å². The van der Waals surface area contributed by atoms with E-state index in [1.165, 1.54) is 17.7 Å². The maximum atomic E-state index is 10.9. The van der Waals surface area contributed by atoms with Crippen LogP contribution in [0.25, 0.3) is 0 Å². The Morgan fingerprint density at radius 2 is 2.33 bits per heavy atom. The van der Waals surface area contributed by atoms with Gasteiger partial charge >= 0.3 is 5.82 Å². The zero-order chi connectivity index (χ0) is 13.3. The van der Waals surface area contributed by atoms with Crippen molar-refractivity contribution in [2.75, 3.05) is 11.9 Å². The molecule has 2 aromatic rings. The molecule has 2 rings (SSSR count). The zero-order valence-corrected chi connectivity index (χ0v) is 11.4. The third kappa shape index (κ3) is 2.46. The first-order chi connectivity index (χ1) is 8.49. The number of halogens is 1. The molecular weight excluding hydrogens is 276 g/mol. The van der Waals surface area contributed by atoms with Crippen LogP contribution in [0.1, 0.15) is 4.88 Å². The summed E-state index contributed by atoms with van der Waals surface area (Å²) in [5, 5.41) is 10.9. The highest BCUT2D eigenvalue weighted by Gasteiger charge is 2.23. The van der Waals surface area contributed by atoms with Crippen LogP contribution < -0.4 is 4.90 Å². The summed E-state index contributed by atoms with van der Waals surface area (Å²) in [4.78, 5) is 17.0. The van der Waals surface area contributed by atoms with Crippen molar-refractivity contribution < 1.29 is 4.92 Å². The number of aryl methyl sites for hydroxylation is 1. The average molecular weight is 287 g/mol. The number of imidazole rings is 1. The summed E-state index contributed by atoms with van der Waals surface area (Å²) in [6.07, 6.45) is 1.44. The SMILES string of the molecule is CN(Cc1ccc(Cl)s1)c1c([N+](=O)[O-])ncn1C. The van der Waals surface area contributed by atoms with Gasteiger partial charge in [0.15, 0.2) is 0 Å². The van der Waals surface area contributed by atoms with Gasteiger partial charge in [0.2, 0.25) is 12.1 Å². The molecule has 0 aromatic carbocycles. The average Bonchev–Trinajstić information content (AvgIpc) is 2.85. The maximum Gasteiger partial charge on any atom is 0.406 e. The number of nitrogens with zero attached hydrogens (tertiary/aromatic N) is 4. The molecule has 0 unspecified atom stereocenters. The van der Waals surface area contributed by atoms with E-state index in [2.05, 4.69) is 4.98 Å². The Bertz CT molecular complexity index is 580. The van der Waals surface area contributed by atoms with Gasteiger partial charge in [-0.15, -0.1) is 11.3 Å².